The summed E-state index contributed by atoms with van der Waals surface area (Å²) in [5.41, 5.74) is 1.67. The molecular formula is C25H17ClO4. The van der Waals surface area contributed by atoms with Crippen LogP contribution >= 0.6 is 11.6 Å². The molecule has 1 aromatic heterocycles. The third-order valence-electron chi connectivity index (χ3n) is 4.56. The molecule has 0 aliphatic heterocycles. The summed E-state index contributed by atoms with van der Waals surface area (Å²) in [6, 6.07) is 23.7. The molecule has 5 heteroatoms. The van der Waals surface area contributed by atoms with Crippen molar-refractivity contribution in [1.82, 2.24) is 0 Å². The highest BCUT2D eigenvalue weighted by molar-refractivity contribution is 6.36. The van der Waals surface area contributed by atoms with Gasteiger partial charge in [-0.1, -0.05) is 78.3 Å². The molecule has 0 spiro atoms. The molecule has 0 unspecified atom stereocenters. The van der Waals surface area contributed by atoms with Gasteiger partial charge < -0.3 is 9.15 Å². The molecule has 30 heavy (non-hydrogen) atoms. The van der Waals surface area contributed by atoms with Gasteiger partial charge in [0.25, 0.3) is 0 Å². The van der Waals surface area contributed by atoms with Crippen LogP contribution < -0.4 is 10.4 Å². The fraction of sp³-hybridized carbons (Fsp3) is 0.0400. The molecule has 148 valence electrons. The number of rotatable bonds is 5. The van der Waals surface area contributed by atoms with Gasteiger partial charge in [-0.05, 0) is 29.3 Å². The highest BCUT2D eigenvalue weighted by Crippen LogP contribution is 2.34. The molecule has 0 amide bonds. The van der Waals surface area contributed by atoms with Gasteiger partial charge in [0.15, 0.2) is 5.75 Å². The second-order valence-corrected chi connectivity index (χ2v) is 7.04. The highest BCUT2D eigenvalue weighted by Gasteiger charge is 2.20. The maximum Gasteiger partial charge on any atom is 0.343 e. The predicted octanol–water partition coefficient (Wildman–Crippen LogP) is 5.66. The summed E-state index contributed by atoms with van der Waals surface area (Å²) >= 11 is 6.37. The van der Waals surface area contributed by atoms with Crippen molar-refractivity contribution in [3.8, 4) is 5.75 Å². The normalized spacial score (nSPS) is 11.1. The van der Waals surface area contributed by atoms with Crippen molar-refractivity contribution in [3.63, 3.8) is 0 Å². The van der Waals surface area contributed by atoms with Crippen molar-refractivity contribution in [3.05, 3.63) is 117 Å². The van der Waals surface area contributed by atoms with Crippen molar-refractivity contribution in [2.75, 3.05) is 0 Å². The first kappa shape index (κ1) is 19.7. The number of carbonyl (C=O) groups excluding carboxylic acids is 1. The summed E-state index contributed by atoms with van der Waals surface area (Å²) in [6.07, 6.45) is 3.21. The van der Waals surface area contributed by atoms with E-state index < -0.39 is 11.6 Å². The molecule has 1 heterocycles. The summed E-state index contributed by atoms with van der Waals surface area (Å²) in [4.78, 5) is 25.3. The third kappa shape index (κ3) is 4.34. The van der Waals surface area contributed by atoms with Crippen LogP contribution in [0.5, 0.6) is 5.75 Å². The van der Waals surface area contributed by atoms with E-state index in [4.69, 9.17) is 20.8 Å². The summed E-state index contributed by atoms with van der Waals surface area (Å²) < 4.78 is 11.1. The maximum atomic E-state index is 12.7. The zero-order valence-electron chi connectivity index (χ0n) is 15.9. The van der Waals surface area contributed by atoms with E-state index in [1.54, 1.807) is 24.3 Å². The average molecular weight is 417 g/mol. The van der Waals surface area contributed by atoms with Gasteiger partial charge in [-0.15, -0.1) is 0 Å². The SMILES string of the molecule is O=C(/C=C/c1ccccc1)Oc1c(Cc2ccccc2)c(=O)oc2cccc(Cl)c12. The van der Waals surface area contributed by atoms with Crippen LogP contribution in [0, 0.1) is 0 Å². The van der Waals surface area contributed by atoms with Crippen molar-refractivity contribution >= 4 is 34.6 Å². The minimum atomic E-state index is -0.611. The Morgan fingerprint density at radius 1 is 0.933 bits per heavy atom. The van der Waals surface area contributed by atoms with Crippen LogP contribution in [-0.2, 0) is 11.2 Å². The first-order valence-electron chi connectivity index (χ1n) is 9.35. The molecule has 0 bridgehead atoms. The van der Waals surface area contributed by atoms with Crippen LogP contribution in [0.25, 0.3) is 17.0 Å². The van der Waals surface area contributed by atoms with Crippen LogP contribution in [0.1, 0.15) is 16.7 Å². The Labute approximate surface area is 178 Å². The fourth-order valence-electron chi connectivity index (χ4n) is 3.14. The molecule has 0 saturated heterocycles. The molecule has 0 saturated carbocycles. The van der Waals surface area contributed by atoms with Gasteiger partial charge in [0, 0.05) is 12.5 Å². The van der Waals surface area contributed by atoms with E-state index in [1.165, 1.54) is 6.08 Å². The number of esters is 1. The van der Waals surface area contributed by atoms with E-state index in [-0.39, 0.29) is 23.3 Å². The molecule has 4 nitrogen and oxygen atoms in total. The summed E-state index contributed by atoms with van der Waals surface area (Å²) in [6.45, 7) is 0. The lowest BCUT2D eigenvalue weighted by Gasteiger charge is -2.12. The lowest BCUT2D eigenvalue weighted by atomic mass is 10.0. The molecule has 3 aromatic carbocycles. The van der Waals surface area contributed by atoms with Crippen LogP contribution in [0.2, 0.25) is 5.02 Å². The molecule has 0 fully saturated rings. The van der Waals surface area contributed by atoms with Crippen LogP contribution in [0.4, 0.5) is 0 Å². The second-order valence-electron chi connectivity index (χ2n) is 6.64. The number of halogens is 1. The zero-order chi connectivity index (χ0) is 20.9. The number of benzene rings is 3. The Hall–Kier alpha value is -3.63. The number of fused-ring (bicyclic) bond motifs is 1. The minimum absolute atomic E-state index is 0.124. The summed E-state index contributed by atoms with van der Waals surface area (Å²) in [7, 11) is 0. The van der Waals surface area contributed by atoms with Gasteiger partial charge in [0.1, 0.15) is 5.58 Å². The van der Waals surface area contributed by atoms with E-state index in [0.29, 0.717) is 10.4 Å². The summed E-state index contributed by atoms with van der Waals surface area (Å²) in [5, 5.41) is 0.728. The van der Waals surface area contributed by atoms with E-state index in [2.05, 4.69) is 0 Å². The van der Waals surface area contributed by atoms with Crippen LogP contribution in [0.15, 0.2) is 94.2 Å². The third-order valence-corrected chi connectivity index (χ3v) is 4.88. The second kappa shape index (κ2) is 8.80. The van der Waals surface area contributed by atoms with Crippen molar-refractivity contribution in [2.45, 2.75) is 6.42 Å². The average Bonchev–Trinajstić information content (AvgIpc) is 2.76. The smallest absolute Gasteiger partial charge is 0.343 e. The molecular weight excluding hydrogens is 400 g/mol. The molecule has 4 rings (SSSR count). The summed E-state index contributed by atoms with van der Waals surface area (Å²) in [5.74, 6) is -0.488. The number of hydrogen-bond acceptors (Lipinski definition) is 4. The predicted molar refractivity (Wildman–Crippen MR) is 118 cm³/mol. The first-order valence-corrected chi connectivity index (χ1v) is 9.72. The van der Waals surface area contributed by atoms with Gasteiger partial charge >= 0.3 is 11.6 Å². The molecule has 0 radical (unpaired) electrons. The van der Waals surface area contributed by atoms with Crippen molar-refractivity contribution in [2.24, 2.45) is 0 Å². The van der Waals surface area contributed by atoms with Crippen molar-refractivity contribution < 1.29 is 13.9 Å². The van der Waals surface area contributed by atoms with Crippen molar-refractivity contribution in [1.29, 1.82) is 0 Å². The largest absolute Gasteiger partial charge is 0.422 e. The number of carbonyl (C=O) groups is 1. The van der Waals surface area contributed by atoms with E-state index >= 15 is 0 Å². The Morgan fingerprint density at radius 3 is 2.37 bits per heavy atom. The Morgan fingerprint density at radius 2 is 1.63 bits per heavy atom. The van der Waals surface area contributed by atoms with Gasteiger partial charge in [-0.2, -0.15) is 0 Å². The molecule has 0 aliphatic rings. The lowest BCUT2D eigenvalue weighted by Crippen LogP contribution is -2.14. The molecule has 0 aliphatic carbocycles. The van der Waals surface area contributed by atoms with E-state index in [1.807, 2.05) is 60.7 Å². The molecule has 0 N–H and O–H groups in total. The monoisotopic (exact) mass is 416 g/mol. The lowest BCUT2D eigenvalue weighted by molar-refractivity contribution is -0.128. The van der Waals surface area contributed by atoms with Gasteiger partial charge in [-0.3, -0.25) is 0 Å². The number of hydrogen-bond donors (Lipinski definition) is 0. The van der Waals surface area contributed by atoms with Gasteiger partial charge in [0.05, 0.1) is 16.0 Å². The van der Waals surface area contributed by atoms with Crippen LogP contribution in [-0.4, -0.2) is 5.97 Å². The topological polar surface area (TPSA) is 56.5 Å². The van der Waals surface area contributed by atoms with Gasteiger partial charge in [0.2, 0.25) is 0 Å². The highest BCUT2D eigenvalue weighted by atomic mass is 35.5. The standard InChI is InChI=1S/C25H17ClO4/c26-20-12-7-13-21-23(20)24(30-22(27)15-14-17-8-3-1-4-9-17)19(25(28)29-21)16-18-10-5-2-6-11-18/h1-15H,16H2/b15-14+. The van der Waals surface area contributed by atoms with Crippen LogP contribution in [0.3, 0.4) is 0 Å². The molecule has 4 aromatic rings. The Balaban J connectivity index is 1.77. The molecule has 0 atom stereocenters. The van der Waals surface area contributed by atoms with E-state index in [9.17, 15) is 9.59 Å². The zero-order valence-corrected chi connectivity index (χ0v) is 16.6. The fourth-order valence-corrected chi connectivity index (χ4v) is 3.39. The van der Waals surface area contributed by atoms with Gasteiger partial charge in [-0.25, -0.2) is 9.59 Å². The Bertz CT molecular complexity index is 1280. The number of ether oxygens (including phenoxy) is 1. The Kier molecular flexibility index (Phi) is 5.77. The quantitative estimate of drug-likeness (QED) is 0.239. The maximum absolute atomic E-state index is 12.7. The minimum Gasteiger partial charge on any atom is -0.422 e. The first-order chi connectivity index (χ1) is 14.6. The van der Waals surface area contributed by atoms with E-state index in [0.717, 1.165) is 11.1 Å².